The zero-order valence-corrected chi connectivity index (χ0v) is 29.1. The lowest BCUT2D eigenvalue weighted by Crippen LogP contribution is -1.94. The van der Waals surface area contributed by atoms with E-state index in [0.717, 1.165) is 0 Å². The van der Waals surface area contributed by atoms with Crippen LogP contribution in [-0.4, -0.2) is 9.13 Å². The fraction of sp³-hybridized carbons (Fsp3) is 0.0400. The molecular weight excluding hydrogens is 629 g/mol. The summed E-state index contributed by atoms with van der Waals surface area (Å²) >= 11 is 0. The summed E-state index contributed by atoms with van der Waals surface area (Å²) in [6.07, 6.45) is 0. The molecule has 0 unspecified atom stereocenters. The highest BCUT2D eigenvalue weighted by atomic mass is 14.9. The van der Waals surface area contributed by atoms with Gasteiger partial charge in [-0.2, -0.15) is 0 Å². The Morgan fingerprint density at radius 2 is 0.673 bits per heavy atom. The Hall–Kier alpha value is -6.64. The Bertz CT molecular complexity index is 3080. The summed E-state index contributed by atoms with van der Waals surface area (Å²) in [4.78, 5) is 0. The van der Waals surface area contributed by atoms with Gasteiger partial charge in [-0.15, -0.1) is 0 Å². The zero-order chi connectivity index (χ0) is 34.5. The Labute approximate surface area is 301 Å². The molecule has 0 aliphatic carbocycles. The van der Waals surface area contributed by atoms with Crippen molar-refractivity contribution in [2.75, 3.05) is 0 Å². The van der Waals surface area contributed by atoms with Crippen LogP contribution < -0.4 is 0 Å². The van der Waals surface area contributed by atoms with E-state index in [2.05, 4.69) is 193 Å². The third-order valence-corrected chi connectivity index (χ3v) is 11.5. The number of hydrogen-bond acceptors (Lipinski definition) is 0. The molecule has 0 fully saturated rings. The van der Waals surface area contributed by atoms with E-state index in [0.29, 0.717) is 0 Å². The molecule has 0 radical (unpaired) electrons. The van der Waals surface area contributed by atoms with Crippen LogP contribution in [0.15, 0.2) is 170 Å². The van der Waals surface area contributed by atoms with Gasteiger partial charge in [-0.05, 0) is 72.8 Å². The molecule has 52 heavy (non-hydrogen) atoms. The molecule has 0 saturated heterocycles. The summed E-state index contributed by atoms with van der Waals surface area (Å²) in [5.41, 5.74) is 12.5. The smallest absolute Gasteiger partial charge is 0.0568 e. The summed E-state index contributed by atoms with van der Waals surface area (Å²) in [6.45, 7) is 0. The zero-order valence-electron chi connectivity index (χ0n) is 29.1. The first-order valence-corrected chi connectivity index (χ1v) is 18.1. The van der Waals surface area contributed by atoms with Crippen LogP contribution in [0, 0.1) is 0 Å². The van der Waals surface area contributed by atoms with Gasteiger partial charge in [0.2, 0.25) is 0 Å². The van der Waals surface area contributed by atoms with Gasteiger partial charge in [-0.1, -0.05) is 152 Å². The normalized spacial score (nSPS) is 12.0. The maximum absolute atomic E-state index is 2.48. The first-order chi connectivity index (χ1) is 25.7. The fourth-order valence-corrected chi connectivity index (χ4v) is 9.28. The predicted molar refractivity (Wildman–Crippen MR) is 223 cm³/mol. The average Bonchev–Trinajstić information content (AvgIpc) is 3.67. The molecule has 0 aliphatic heterocycles. The summed E-state index contributed by atoms with van der Waals surface area (Å²) in [5, 5.41) is 12.7. The fourth-order valence-electron chi connectivity index (χ4n) is 9.28. The molecule has 9 aromatic carbocycles. The van der Waals surface area contributed by atoms with Gasteiger partial charge in [0.1, 0.15) is 0 Å². The second kappa shape index (κ2) is 10.9. The number of nitrogens with zero attached hydrogens (tertiary/aromatic N) is 2. The molecule has 2 heteroatoms. The van der Waals surface area contributed by atoms with Gasteiger partial charge in [0, 0.05) is 57.8 Å². The molecule has 11 rings (SSSR count). The van der Waals surface area contributed by atoms with Gasteiger partial charge >= 0.3 is 0 Å². The van der Waals surface area contributed by atoms with Crippen molar-refractivity contribution in [2.24, 2.45) is 14.1 Å². The quantitative estimate of drug-likeness (QED) is 0.167. The van der Waals surface area contributed by atoms with Crippen LogP contribution in [0.3, 0.4) is 0 Å². The van der Waals surface area contributed by atoms with Crippen molar-refractivity contribution in [1.29, 1.82) is 0 Å². The van der Waals surface area contributed by atoms with E-state index in [4.69, 9.17) is 0 Å². The van der Waals surface area contributed by atoms with Gasteiger partial charge in [-0.3, -0.25) is 0 Å². The second-order valence-corrected chi connectivity index (χ2v) is 14.1. The molecule has 2 nitrogen and oxygen atoms in total. The van der Waals surface area contributed by atoms with Crippen LogP contribution >= 0.6 is 0 Å². The molecule has 0 amide bonds. The Morgan fingerprint density at radius 3 is 1.23 bits per heavy atom. The van der Waals surface area contributed by atoms with Crippen LogP contribution in [0.1, 0.15) is 0 Å². The minimum atomic E-state index is 1.25. The Kier molecular flexibility index (Phi) is 6.12. The molecule has 0 spiro atoms. The van der Waals surface area contributed by atoms with Gasteiger partial charge < -0.3 is 9.13 Å². The minimum absolute atomic E-state index is 1.25. The second-order valence-electron chi connectivity index (χ2n) is 14.1. The largest absolute Gasteiger partial charge is 0.343 e. The van der Waals surface area contributed by atoms with E-state index in [9.17, 15) is 0 Å². The highest BCUT2D eigenvalue weighted by Gasteiger charge is 2.21. The van der Waals surface area contributed by atoms with Crippen LogP contribution in [-0.2, 0) is 14.1 Å². The SMILES string of the molecule is Cn1c2ccccc2c2cccc(-c3cccc4c(-c5cccc6ccccc56)c5cccc(-c6cccc7c8ccccc8n(C)c67)c5cc34)c21. The Balaban J connectivity index is 1.32. The average molecular weight is 663 g/mol. The van der Waals surface area contributed by atoms with Gasteiger partial charge in [0.05, 0.1) is 11.0 Å². The van der Waals surface area contributed by atoms with E-state index < -0.39 is 0 Å². The van der Waals surface area contributed by atoms with Crippen molar-refractivity contribution in [3.63, 3.8) is 0 Å². The third-order valence-electron chi connectivity index (χ3n) is 11.5. The van der Waals surface area contributed by atoms with Crippen molar-refractivity contribution in [3.8, 4) is 33.4 Å². The van der Waals surface area contributed by atoms with Gasteiger partial charge in [0.15, 0.2) is 0 Å². The van der Waals surface area contributed by atoms with Crippen LogP contribution in [0.4, 0.5) is 0 Å². The highest BCUT2D eigenvalue weighted by Crippen LogP contribution is 2.47. The maximum Gasteiger partial charge on any atom is 0.0568 e. The Morgan fingerprint density at radius 1 is 0.288 bits per heavy atom. The van der Waals surface area contributed by atoms with Gasteiger partial charge in [-0.25, -0.2) is 0 Å². The van der Waals surface area contributed by atoms with E-state index in [1.54, 1.807) is 0 Å². The standard InChI is InChI=1S/C50H34N2/c1-51-46-28-7-5-17-35(46)42-26-12-24-40(49(42)51)33-19-10-22-38-44(33)30-45-34(41-25-13-27-43-36-18-6-8-29-47(36)52(2)50(41)43)20-11-23-39(45)48(38)37-21-9-15-31-14-3-4-16-32(31)37/h3-30H,1-2H3. The topological polar surface area (TPSA) is 9.86 Å². The molecule has 0 atom stereocenters. The van der Waals surface area contributed by atoms with Crippen LogP contribution in [0.25, 0.3) is 109 Å². The first-order valence-electron chi connectivity index (χ1n) is 18.1. The molecule has 2 aromatic heterocycles. The monoisotopic (exact) mass is 662 g/mol. The van der Waals surface area contributed by atoms with Crippen molar-refractivity contribution in [2.45, 2.75) is 0 Å². The van der Waals surface area contributed by atoms with E-state index >= 15 is 0 Å². The molecule has 0 aliphatic rings. The first kappa shape index (κ1) is 29.1. The molecular formula is C50H34N2. The maximum atomic E-state index is 2.48. The number of aromatic nitrogens is 2. The van der Waals surface area contributed by atoms with Crippen molar-refractivity contribution >= 4 is 75.9 Å². The summed E-state index contributed by atoms with van der Waals surface area (Å²) in [7, 11) is 4.41. The number of fused-ring (bicyclic) bond motifs is 9. The summed E-state index contributed by atoms with van der Waals surface area (Å²) in [6, 6.07) is 62.9. The number of hydrogen-bond donors (Lipinski definition) is 0. The van der Waals surface area contributed by atoms with E-state index in [1.165, 1.54) is 109 Å². The van der Waals surface area contributed by atoms with Crippen LogP contribution in [0.2, 0.25) is 0 Å². The molecule has 0 saturated carbocycles. The lowest BCUT2D eigenvalue weighted by Gasteiger charge is -2.19. The van der Waals surface area contributed by atoms with Crippen molar-refractivity contribution in [3.05, 3.63) is 170 Å². The molecule has 0 bridgehead atoms. The summed E-state index contributed by atoms with van der Waals surface area (Å²) in [5.74, 6) is 0. The number of aryl methyl sites for hydroxylation is 2. The number of para-hydroxylation sites is 4. The van der Waals surface area contributed by atoms with Gasteiger partial charge in [0.25, 0.3) is 0 Å². The van der Waals surface area contributed by atoms with Crippen molar-refractivity contribution < 1.29 is 0 Å². The predicted octanol–water partition coefficient (Wildman–Crippen LogP) is 13.4. The number of benzene rings is 9. The molecule has 2 heterocycles. The lowest BCUT2D eigenvalue weighted by molar-refractivity contribution is 1.02. The van der Waals surface area contributed by atoms with Crippen LogP contribution in [0.5, 0.6) is 0 Å². The molecule has 11 aromatic rings. The van der Waals surface area contributed by atoms with E-state index in [1.807, 2.05) is 0 Å². The number of rotatable bonds is 3. The minimum Gasteiger partial charge on any atom is -0.343 e. The molecule has 244 valence electrons. The third kappa shape index (κ3) is 3.95. The highest BCUT2D eigenvalue weighted by molar-refractivity contribution is 6.24. The molecule has 0 N–H and O–H groups in total. The lowest BCUT2D eigenvalue weighted by atomic mass is 9.84. The summed E-state index contributed by atoms with van der Waals surface area (Å²) < 4.78 is 4.75. The van der Waals surface area contributed by atoms with Crippen molar-refractivity contribution in [1.82, 2.24) is 9.13 Å². The van der Waals surface area contributed by atoms with E-state index in [-0.39, 0.29) is 0 Å².